The van der Waals surface area contributed by atoms with Crippen LogP contribution in [0.15, 0.2) is 12.3 Å². The molecule has 1 aromatic heterocycles. The average molecular weight is 272 g/mol. The Bertz CT molecular complexity index is 465. The van der Waals surface area contributed by atoms with Crippen LogP contribution in [0.4, 0.5) is 5.69 Å². The molecule has 0 aliphatic carbocycles. The van der Waals surface area contributed by atoms with Crippen molar-refractivity contribution in [1.82, 2.24) is 9.88 Å². The van der Waals surface area contributed by atoms with Crippen LogP contribution in [0.1, 0.15) is 30.6 Å². The Hall–Kier alpha value is -1.69. The van der Waals surface area contributed by atoms with Gasteiger partial charge in [-0.3, -0.25) is 14.9 Å². The van der Waals surface area contributed by atoms with E-state index in [1.54, 1.807) is 4.90 Å². The molecule has 0 fully saturated rings. The van der Waals surface area contributed by atoms with Crippen LogP contribution in [0.25, 0.3) is 0 Å². The van der Waals surface area contributed by atoms with Gasteiger partial charge in [-0.1, -0.05) is 18.5 Å². The zero-order chi connectivity index (χ0) is 13.7. The number of rotatable bonds is 5. The van der Waals surface area contributed by atoms with Gasteiger partial charge >= 0.3 is 0 Å². The van der Waals surface area contributed by atoms with Crippen LogP contribution in [0.2, 0.25) is 5.15 Å². The summed E-state index contributed by atoms with van der Waals surface area (Å²) in [6.07, 6.45) is 1.79. The van der Waals surface area contributed by atoms with Crippen LogP contribution in [-0.4, -0.2) is 33.8 Å². The number of hydrogen-bond donors (Lipinski definition) is 0. The van der Waals surface area contributed by atoms with Crippen LogP contribution in [-0.2, 0) is 0 Å². The zero-order valence-corrected chi connectivity index (χ0v) is 11.0. The van der Waals surface area contributed by atoms with Gasteiger partial charge in [-0.05, 0) is 19.4 Å². The number of aromatic nitrogens is 1. The molecule has 0 aliphatic heterocycles. The van der Waals surface area contributed by atoms with Crippen molar-refractivity contribution in [1.29, 1.82) is 0 Å². The summed E-state index contributed by atoms with van der Waals surface area (Å²) in [6, 6.07) is 1.24. The molecule has 1 rings (SSSR count). The number of hydrogen-bond acceptors (Lipinski definition) is 4. The number of carbonyl (C=O) groups is 1. The molecular formula is C11H14ClN3O3. The lowest BCUT2D eigenvalue weighted by molar-refractivity contribution is -0.385. The molecular weight excluding hydrogens is 258 g/mol. The standard InChI is InChI=1S/C11H14ClN3O3/c1-3-5-14(4-2)11(16)8-6-10(12)13-7-9(8)15(17)18/h6-7H,3-5H2,1-2H3. The maximum atomic E-state index is 12.2. The van der Waals surface area contributed by atoms with E-state index in [0.717, 1.165) is 12.6 Å². The first-order chi connectivity index (χ1) is 8.51. The fraction of sp³-hybridized carbons (Fsp3) is 0.455. The lowest BCUT2D eigenvalue weighted by Gasteiger charge is -2.19. The third-order valence-electron chi connectivity index (χ3n) is 2.44. The van der Waals surface area contributed by atoms with Gasteiger partial charge < -0.3 is 4.90 Å². The first-order valence-electron chi connectivity index (χ1n) is 5.60. The fourth-order valence-corrected chi connectivity index (χ4v) is 1.74. The van der Waals surface area contributed by atoms with Crippen LogP contribution < -0.4 is 0 Å². The van der Waals surface area contributed by atoms with Gasteiger partial charge in [0.25, 0.3) is 11.6 Å². The molecule has 0 spiro atoms. The maximum Gasteiger partial charge on any atom is 0.300 e. The highest BCUT2D eigenvalue weighted by Gasteiger charge is 2.24. The maximum absolute atomic E-state index is 12.2. The zero-order valence-electron chi connectivity index (χ0n) is 10.2. The van der Waals surface area contributed by atoms with Crippen molar-refractivity contribution < 1.29 is 9.72 Å². The van der Waals surface area contributed by atoms with Crippen molar-refractivity contribution in [2.75, 3.05) is 13.1 Å². The Kier molecular flexibility index (Phi) is 5.03. The van der Waals surface area contributed by atoms with E-state index in [4.69, 9.17) is 11.6 Å². The predicted octanol–water partition coefficient (Wildman–Crippen LogP) is 2.52. The smallest absolute Gasteiger partial charge is 0.300 e. The number of nitrogens with zero attached hydrogens (tertiary/aromatic N) is 3. The minimum atomic E-state index is -0.629. The molecule has 0 unspecified atom stereocenters. The van der Waals surface area contributed by atoms with Gasteiger partial charge in [0.15, 0.2) is 0 Å². The topological polar surface area (TPSA) is 76.3 Å². The molecule has 0 saturated heterocycles. The fourth-order valence-electron chi connectivity index (χ4n) is 1.58. The van der Waals surface area contributed by atoms with Gasteiger partial charge in [-0.2, -0.15) is 0 Å². The minimum Gasteiger partial charge on any atom is -0.339 e. The van der Waals surface area contributed by atoms with Gasteiger partial charge in [0.1, 0.15) is 16.9 Å². The van der Waals surface area contributed by atoms with Crippen molar-refractivity contribution >= 4 is 23.2 Å². The van der Waals surface area contributed by atoms with Crippen LogP contribution in [0.5, 0.6) is 0 Å². The second-order valence-corrected chi connectivity index (χ2v) is 4.05. The summed E-state index contributed by atoms with van der Waals surface area (Å²) in [7, 11) is 0. The molecule has 6 nitrogen and oxygen atoms in total. The monoisotopic (exact) mass is 271 g/mol. The molecule has 0 bridgehead atoms. The number of amides is 1. The van der Waals surface area contributed by atoms with Gasteiger partial charge in [-0.15, -0.1) is 0 Å². The molecule has 98 valence electrons. The molecule has 1 amide bonds. The summed E-state index contributed by atoms with van der Waals surface area (Å²) >= 11 is 5.69. The number of pyridine rings is 1. The largest absolute Gasteiger partial charge is 0.339 e. The molecule has 0 saturated carbocycles. The van der Waals surface area contributed by atoms with Crippen molar-refractivity contribution in [3.05, 3.63) is 33.1 Å². The Morgan fingerprint density at radius 3 is 2.72 bits per heavy atom. The van der Waals surface area contributed by atoms with Crippen LogP contribution in [0, 0.1) is 10.1 Å². The van der Waals surface area contributed by atoms with Gasteiger partial charge in [0.05, 0.1) is 4.92 Å². The number of halogens is 1. The van der Waals surface area contributed by atoms with E-state index < -0.39 is 10.8 Å². The number of carbonyl (C=O) groups excluding carboxylic acids is 1. The van der Waals surface area contributed by atoms with Crippen molar-refractivity contribution in [3.8, 4) is 0 Å². The summed E-state index contributed by atoms with van der Waals surface area (Å²) in [5, 5.41) is 10.9. The van der Waals surface area contributed by atoms with E-state index in [0.29, 0.717) is 13.1 Å². The van der Waals surface area contributed by atoms with E-state index in [2.05, 4.69) is 4.98 Å². The molecule has 0 radical (unpaired) electrons. The normalized spacial score (nSPS) is 10.2. The first kappa shape index (κ1) is 14.4. The van der Waals surface area contributed by atoms with E-state index in [1.165, 1.54) is 6.07 Å². The molecule has 0 N–H and O–H groups in total. The third kappa shape index (κ3) is 3.16. The van der Waals surface area contributed by atoms with Crippen LogP contribution in [0.3, 0.4) is 0 Å². The Morgan fingerprint density at radius 2 is 2.22 bits per heavy atom. The highest BCUT2D eigenvalue weighted by molar-refractivity contribution is 6.29. The predicted molar refractivity (Wildman–Crippen MR) is 67.8 cm³/mol. The van der Waals surface area contributed by atoms with Gasteiger partial charge in [0, 0.05) is 13.1 Å². The summed E-state index contributed by atoms with van der Waals surface area (Å²) < 4.78 is 0. The van der Waals surface area contributed by atoms with Gasteiger partial charge in [-0.25, -0.2) is 4.98 Å². The summed E-state index contributed by atoms with van der Waals surface area (Å²) in [4.78, 5) is 27.6. The lowest BCUT2D eigenvalue weighted by atomic mass is 10.2. The second-order valence-electron chi connectivity index (χ2n) is 3.67. The van der Waals surface area contributed by atoms with E-state index in [9.17, 15) is 14.9 Å². The molecule has 0 atom stereocenters. The van der Waals surface area contributed by atoms with Crippen molar-refractivity contribution in [2.24, 2.45) is 0 Å². The van der Waals surface area contributed by atoms with Crippen molar-refractivity contribution in [3.63, 3.8) is 0 Å². The molecule has 0 aliphatic rings. The summed E-state index contributed by atoms with van der Waals surface area (Å²) in [5.41, 5.74) is -0.339. The van der Waals surface area contributed by atoms with E-state index in [-0.39, 0.29) is 16.4 Å². The highest BCUT2D eigenvalue weighted by atomic mass is 35.5. The highest BCUT2D eigenvalue weighted by Crippen LogP contribution is 2.22. The quantitative estimate of drug-likeness (QED) is 0.468. The average Bonchev–Trinajstić information content (AvgIpc) is 2.34. The van der Waals surface area contributed by atoms with Crippen molar-refractivity contribution in [2.45, 2.75) is 20.3 Å². The molecule has 1 heterocycles. The third-order valence-corrected chi connectivity index (χ3v) is 2.65. The van der Waals surface area contributed by atoms with E-state index in [1.807, 2.05) is 13.8 Å². The van der Waals surface area contributed by atoms with E-state index >= 15 is 0 Å². The Labute approximate surface area is 110 Å². The Balaban J connectivity index is 3.17. The molecule has 18 heavy (non-hydrogen) atoms. The molecule has 1 aromatic rings. The Morgan fingerprint density at radius 1 is 1.56 bits per heavy atom. The first-order valence-corrected chi connectivity index (χ1v) is 5.98. The van der Waals surface area contributed by atoms with Crippen LogP contribution >= 0.6 is 11.6 Å². The lowest BCUT2D eigenvalue weighted by Crippen LogP contribution is -2.32. The summed E-state index contributed by atoms with van der Waals surface area (Å²) in [5.74, 6) is -0.393. The minimum absolute atomic E-state index is 0.0182. The summed E-state index contributed by atoms with van der Waals surface area (Å²) in [6.45, 7) is 4.79. The number of nitro groups is 1. The molecule has 7 heteroatoms. The molecule has 0 aromatic carbocycles. The van der Waals surface area contributed by atoms with Gasteiger partial charge in [0.2, 0.25) is 0 Å². The second kappa shape index (κ2) is 6.30. The SMILES string of the molecule is CCCN(CC)C(=O)c1cc(Cl)ncc1[N+](=O)[O-].